The summed E-state index contributed by atoms with van der Waals surface area (Å²) in [4.78, 5) is 27.8. The number of aromatic amines is 1. The largest absolute Gasteiger partial charge is 0.326 e. The third kappa shape index (κ3) is 3.92. The number of nitrogens with one attached hydrogen (secondary N) is 3. The van der Waals surface area contributed by atoms with Crippen LogP contribution >= 0.6 is 11.6 Å². The zero-order valence-corrected chi connectivity index (χ0v) is 18.7. The number of hydrogen-bond acceptors (Lipinski definition) is 7. The molecule has 1 saturated carbocycles. The SMILES string of the molecule is O=C(Nc1cnccc1Cl)[C@@H]1C[C@@H](F)CN1c1nc(Nc2cc(C3CC3)[nH]n2)n2cccc2n1. The molecule has 6 rings (SSSR count). The second-order valence-electron chi connectivity index (χ2n) is 8.54. The molecule has 2 atom stereocenters. The predicted molar refractivity (Wildman–Crippen MR) is 125 cm³/mol. The number of fused-ring (bicyclic) bond motifs is 1. The first-order valence-electron chi connectivity index (χ1n) is 11.0. The maximum Gasteiger partial charge on any atom is 0.247 e. The number of amides is 1. The summed E-state index contributed by atoms with van der Waals surface area (Å²) in [5.41, 5.74) is 2.07. The number of pyridine rings is 1. The molecule has 3 N–H and O–H groups in total. The van der Waals surface area contributed by atoms with Crippen LogP contribution in [0, 0.1) is 0 Å². The summed E-state index contributed by atoms with van der Waals surface area (Å²) < 4.78 is 16.3. The maximum atomic E-state index is 14.5. The predicted octanol–water partition coefficient (Wildman–Crippen LogP) is 3.68. The van der Waals surface area contributed by atoms with Crippen LogP contribution in [0.2, 0.25) is 5.02 Å². The number of aromatic nitrogens is 6. The van der Waals surface area contributed by atoms with Gasteiger partial charge in [-0.3, -0.25) is 19.3 Å². The molecule has 1 amide bonds. The molecule has 1 aliphatic heterocycles. The van der Waals surface area contributed by atoms with E-state index >= 15 is 0 Å². The molecule has 174 valence electrons. The van der Waals surface area contributed by atoms with Gasteiger partial charge in [-0.25, -0.2) is 4.39 Å². The van der Waals surface area contributed by atoms with Gasteiger partial charge in [-0.05, 0) is 31.0 Å². The fourth-order valence-corrected chi connectivity index (χ4v) is 4.35. The Morgan fingerprint density at radius 3 is 2.97 bits per heavy atom. The van der Waals surface area contributed by atoms with Gasteiger partial charge in [0, 0.05) is 36.5 Å². The number of hydrogen-bond donors (Lipinski definition) is 3. The van der Waals surface area contributed by atoms with E-state index in [9.17, 15) is 9.18 Å². The van der Waals surface area contributed by atoms with Crippen molar-refractivity contribution in [3.8, 4) is 0 Å². The minimum Gasteiger partial charge on any atom is -0.326 e. The van der Waals surface area contributed by atoms with Crippen LogP contribution < -0.4 is 15.5 Å². The molecule has 1 aliphatic carbocycles. The standard InChI is InChI=1S/C22H21ClFN9O/c23-14-5-6-25-10-16(14)26-20(34)17-8-13(24)11-33(17)22-28-19-2-1-7-32(19)21(29-22)27-18-9-15(30-31-18)12-3-4-12/h1-2,5-7,9-10,12-13,17H,3-4,8,11H2,(H,26,34)(H2,27,28,29,30,31)/t13-,17+/m1/s1. The lowest BCUT2D eigenvalue weighted by Gasteiger charge is -2.24. The van der Waals surface area contributed by atoms with Crippen molar-refractivity contribution >= 4 is 46.6 Å². The quantitative estimate of drug-likeness (QED) is 0.384. The number of halogens is 2. The number of nitrogens with zero attached hydrogens (tertiary/aromatic N) is 6. The van der Waals surface area contributed by atoms with Crippen LogP contribution in [0.5, 0.6) is 0 Å². The highest BCUT2D eigenvalue weighted by Crippen LogP contribution is 2.39. The number of anilines is 4. The lowest BCUT2D eigenvalue weighted by Crippen LogP contribution is -2.40. The molecule has 0 unspecified atom stereocenters. The molecule has 4 aromatic rings. The molecule has 34 heavy (non-hydrogen) atoms. The first kappa shape index (κ1) is 20.8. The van der Waals surface area contributed by atoms with Crippen molar-refractivity contribution in [1.82, 2.24) is 29.5 Å². The molecule has 12 heteroatoms. The highest BCUT2D eigenvalue weighted by molar-refractivity contribution is 6.33. The Morgan fingerprint density at radius 1 is 1.26 bits per heavy atom. The van der Waals surface area contributed by atoms with E-state index in [0.29, 0.717) is 34.0 Å². The third-order valence-corrected chi connectivity index (χ3v) is 6.40. The van der Waals surface area contributed by atoms with Crippen LogP contribution in [0.3, 0.4) is 0 Å². The molecule has 1 saturated heterocycles. The molecule has 0 aromatic carbocycles. The Kier molecular flexibility index (Phi) is 5.05. The van der Waals surface area contributed by atoms with E-state index in [-0.39, 0.29) is 18.9 Å². The van der Waals surface area contributed by atoms with Crippen LogP contribution in [0.25, 0.3) is 5.65 Å². The van der Waals surface area contributed by atoms with Gasteiger partial charge in [0.2, 0.25) is 17.8 Å². The van der Waals surface area contributed by atoms with Crippen molar-refractivity contribution in [3.05, 3.63) is 53.6 Å². The lowest BCUT2D eigenvalue weighted by atomic mass is 10.2. The minimum atomic E-state index is -1.20. The average molecular weight is 482 g/mol. The molecule has 10 nitrogen and oxygen atoms in total. The van der Waals surface area contributed by atoms with E-state index in [4.69, 9.17) is 11.6 Å². The van der Waals surface area contributed by atoms with E-state index in [2.05, 4.69) is 35.8 Å². The summed E-state index contributed by atoms with van der Waals surface area (Å²) in [6.45, 7) is 0.00339. The Labute approximate surface area is 198 Å². The summed E-state index contributed by atoms with van der Waals surface area (Å²) in [5, 5.41) is 13.7. The van der Waals surface area contributed by atoms with Crippen molar-refractivity contribution in [3.63, 3.8) is 0 Å². The van der Waals surface area contributed by atoms with Gasteiger partial charge in [0.15, 0.2) is 5.82 Å². The summed E-state index contributed by atoms with van der Waals surface area (Å²) >= 11 is 6.15. The van der Waals surface area contributed by atoms with Gasteiger partial charge in [-0.2, -0.15) is 15.1 Å². The second-order valence-corrected chi connectivity index (χ2v) is 8.94. The van der Waals surface area contributed by atoms with Crippen molar-refractivity contribution in [2.45, 2.75) is 37.4 Å². The number of alkyl halides is 1. The molecule has 0 radical (unpaired) electrons. The smallest absolute Gasteiger partial charge is 0.247 e. The molecule has 2 aliphatic rings. The number of carbonyl (C=O) groups excluding carboxylic acids is 1. The Hall–Kier alpha value is -3.73. The highest BCUT2D eigenvalue weighted by Gasteiger charge is 2.39. The van der Waals surface area contributed by atoms with Gasteiger partial charge in [-0.1, -0.05) is 11.6 Å². The van der Waals surface area contributed by atoms with Gasteiger partial charge in [0.05, 0.1) is 23.5 Å². The van der Waals surface area contributed by atoms with Crippen molar-refractivity contribution in [2.24, 2.45) is 0 Å². The summed E-state index contributed by atoms with van der Waals surface area (Å²) in [6, 6.07) is 6.41. The van der Waals surface area contributed by atoms with Crippen molar-refractivity contribution in [2.75, 3.05) is 22.1 Å². The molecule has 4 aromatic heterocycles. The first-order chi connectivity index (χ1) is 16.5. The first-order valence-corrected chi connectivity index (χ1v) is 11.4. The summed E-state index contributed by atoms with van der Waals surface area (Å²) in [6.07, 6.45) is 5.95. The topological polar surface area (TPSA) is 116 Å². The Morgan fingerprint density at radius 2 is 2.15 bits per heavy atom. The van der Waals surface area contributed by atoms with Crippen LogP contribution in [0.15, 0.2) is 42.9 Å². The van der Waals surface area contributed by atoms with Crippen LogP contribution in [-0.2, 0) is 4.79 Å². The second kappa shape index (κ2) is 8.24. The molecular weight excluding hydrogens is 461 g/mol. The highest BCUT2D eigenvalue weighted by atomic mass is 35.5. The zero-order valence-electron chi connectivity index (χ0n) is 17.9. The molecule has 2 fully saturated rings. The van der Waals surface area contributed by atoms with E-state index in [1.54, 1.807) is 15.4 Å². The van der Waals surface area contributed by atoms with Gasteiger partial charge < -0.3 is 15.5 Å². The fraction of sp³-hybridized carbons (Fsp3) is 0.318. The Bertz CT molecular complexity index is 1370. The summed E-state index contributed by atoms with van der Waals surface area (Å²) in [5.74, 6) is 1.49. The van der Waals surface area contributed by atoms with E-state index < -0.39 is 18.1 Å². The molecule has 5 heterocycles. The zero-order chi connectivity index (χ0) is 23.2. The maximum absolute atomic E-state index is 14.5. The van der Waals surface area contributed by atoms with E-state index in [1.807, 2.05) is 24.4 Å². The molecular formula is C22H21ClFN9O. The van der Waals surface area contributed by atoms with Crippen LogP contribution in [0.4, 0.5) is 27.8 Å². The van der Waals surface area contributed by atoms with Crippen molar-refractivity contribution < 1.29 is 9.18 Å². The number of rotatable bonds is 6. The number of carbonyl (C=O) groups is 1. The number of H-pyrrole nitrogens is 1. The molecule has 0 bridgehead atoms. The normalized spacial score (nSPS) is 20.1. The van der Waals surface area contributed by atoms with Crippen LogP contribution in [-0.4, -0.2) is 54.2 Å². The lowest BCUT2D eigenvalue weighted by molar-refractivity contribution is -0.117. The van der Waals surface area contributed by atoms with Crippen LogP contribution in [0.1, 0.15) is 30.9 Å². The van der Waals surface area contributed by atoms with E-state index in [0.717, 1.165) is 18.5 Å². The minimum absolute atomic E-state index is 0.00339. The monoisotopic (exact) mass is 481 g/mol. The van der Waals surface area contributed by atoms with Gasteiger partial charge in [0.25, 0.3) is 0 Å². The average Bonchev–Trinajstić information content (AvgIpc) is 3.19. The van der Waals surface area contributed by atoms with E-state index in [1.165, 1.54) is 12.4 Å². The fourth-order valence-electron chi connectivity index (χ4n) is 4.19. The molecule has 0 spiro atoms. The van der Waals surface area contributed by atoms with Crippen molar-refractivity contribution in [1.29, 1.82) is 0 Å². The third-order valence-electron chi connectivity index (χ3n) is 6.07. The van der Waals surface area contributed by atoms with Gasteiger partial charge >= 0.3 is 0 Å². The summed E-state index contributed by atoms with van der Waals surface area (Å²) in [7, 11) is 0. The Balaban J connectivity index is 1.30. The van der Waals surface area contributed by atoms with Gasteiger partial charge in [0.1, 0.15) is 17.9 Å². The van der Waals surface area contributed by atoms with Gasteiger partial charge in [-0.15, -0.1) is 0 Å².